The maximum atomic E-state index is 4.07. The molecular formula is C24H43N. The van der Waals surface area contributed by atoms with Crippen molar-refractivity contribution in [1.29, 1.82) is 0 Å². The van der Waals surface area contributed by atoms with Crippen molar-refractivity contribution in [3.05, 3.63) is 12.2 Å². The fourth-order valence-corrected chi connectivity index (χ4v) is 6.63. The molecule has 3 rings (SSSR count). The number of nitrogens with one attached hydrogen (secondary N) is 1. The van der Waals surface area contributed by atoms with Crippen LogP contribution in [0.5, 0.6) is 0 Å². The number of rotatable bonds is 1. The lowest BCUT2D eigenvalue weighted by molar-refractivity contribution is -0.0861. The molecule has 0 amide bonds. The van der Waals surface area contributed by atoms with E-state index in [9.17, 15) is 0 Å². The van der Waals surface area contributed by atoms with E-state index in [0.29, 0.717) is 22.3 Å². The second-order valence-corrected chi connectivity index (χ2v) is 12.0. The van der Waals surface area contributed by atoms with Crippen LogP contribution in [0.1, 0.15) is 81.1 Å². The summed E-state index contributed by atoms with van der Waals surface area (Å²) in [6.07, 6.45) is 10.4. The van der Waals surface area contributed by atoms with Gasteiger partial charge in [0.05, 0.1) is 0 Å². The van der Waals surface area contributed by atoms with E-state index in [0.717, 1.165) is 29.6 Å². The van der Waals surface area contributed by atoms with Crippen molar-refractivity contribution in [1.82, 2.24) is 5.32 Å². The minimum atomic E-state index is 0.391. The molecule has 3 aliphatic rings. The van der Waals surface area contributed by atoms with Crippen molar-refractivity contribution in [3.8, 4) is 0 Å². The van der Waals surface area contributed by atoms with Crippen LogP contribution in [-0.2, 0) is 0 Å². The molecule has 0 aromatic heterocycles. The van der Waals surface area contributed by atoms with Crippen LogP contribution in [0.25, 0.3) is 0 Å². The zero-order valence-electron chi connectivity index (χ0n) is 18.2. The zero-order chi connectivity index (χ0) is 18.6. The van der Waals surface area contributed by atoms with E-state index in [1.807, 2.05) is 0 Å². The summed E-state index contributed by atoms with van der Waals surface area (Å²) in [5, 5.41) is 4.07. The number of fused-ring (bicyclic) bond motifs is 1. The van der Waals surface area contributed by atoms with Crippen molar-refractivity contribution in [2.24, 2.45) is 45.8 Å². The molecule has 1 saturated heterocycles. The van der Waals surface area contributed by atoms with Gasteiger partial charge in [-0.15, -0.1) is 0 Å². The molecule has 0 aromatic carbocycles. The Morgan fingerprint density at radius 1 is 1.00 bits per heavy atom. The number of piperidine rings is 1. The maximum absolute atomic E-state index is 4.07. The summed E-state index contributed by atoms with van der Waals surface area (Å²) >= 11 is 0. The Bertz CT molecular complexity index is 507. The van der Waals surface area contributed by atoms with Crippen LogP contribution in [0.4, 0.5) is 0 Å². The van der Waals surface area contributed by atoms with Gasteiger partial charge in [-0.2, -0.15) is 0 Å². The van der Waals surface area contributed by atoms with E-state index >= 15 is 0 Å². The highest BCUT2D eigenvalue weighted by atomic mass is 15.0. The molecule has 6 unspecified atom stereocenters. The van der Waals surface area contributed by atoms with Crippen LogP contribution >= 0.6 is 0 Å². The van der Waals surface area contributed by atoms with Gasteiger partial charge in [0, 0.05) is 6.04 Å². The highest BCUT2D eigenvalue weighted by molar-refractivity contribution is 5.08. The molecule has 1 heteroatoms. The van der Waals surface area contributed by atoms with E-state index in [-0.39, 0.29) is 0 Å². The van der Waals surface area contributed by atoms with Gasteiger partial charge in [-0.3, -0.25) is 0 Å². The Hall–Kier alpha value is -0.300. The number of hydrogen-bond acceptors (Lipinski definition) is 1. The van der Waals surface area contributed by atoms with Gasteiger partial charge in [0.1, 0.15) is 0 Å². The van der Waals surface area contributed by atoms with Crippen molar-refractivity contribution in [3.63, 3.8) is 0 Å². The Morgan fingerprint density at radius 3 is 2.28 bits per heavy atom. The molecule has 0 radical (unpaired) electrons. The van der Waals surface area contributed by atoms with Crippen LogP contribution in [0.2, 0.25) is 0 Å². The first kappa shape index (κ1) is 19.5. The molecule has 1 aliphatic heterocycles. The van der Waals surface area contributed by atoms with Gasteiger partial charge < -0.3 is 5.32 Å². The second-order valence-electron chi connectivity index (χ2n) is 12.0. The third-order valence-corrected chi connectivity index (χ3v) is 8.44. The molecule has 25 heavy (non-hydrogen) atoms. The molecule has 144 valence electrons. The van der Waals surface area contributed by atoms with Gasteiger partial charge in [-0.25, -0.2) is 0 Å². The lowest BCUT2D eigenvalue weighted by Gasteiger charge is -2.60. The molecule has 0 aromatic rings. The minimum Gasteiger partial charge on any atom is -0.313 e. The first-order chi connectivity index (χ1) is 11.4. The standard InChI is InChI=1S/C24H43N/c1-16-20-19(23(5,6)12-13-24(20,7)8)15-25-21(16)17-10-9-11-18(14-17)22(2,3)4/h9,11,16-21,25H,10,12-15H2,1-8H3. The molecule has 2 aliphatic carbocycles. The van der Waals surface area contributed by atoms with Crippen LogP contribution in [-0.4, -0.2) is 12.6 Å². The maximum Gasteiger partial charge on any atom is 0.0127 e. The second kappa shape index (κ2) is 6.39. The molecular weight excluding hydrogens is 302 g/mol. The lowest BCUT2D eigenvalue weighted by Crippen LogP contribution is -2.61. The van der Waals surface area contributed by atoms with Crippen molar-refractivity contribution in [2.45, 2.75) is 87.1 Å². The Labute approximate surface area is 157 Å². The van der Waals surface area contributed by atoms with Gasteiger partial charge in [0.15, 0.2) is 0 Å². The van der Waals surface area contributed by atoms with Crippen molar-refractivity contribution < 1.29 is 0 Å². The predicted octanol–water partition coefficient (Wildman–Crippen LogP) is 6.30. The topological polar surface area (TPSA) is 12.0 Å². The van der Waals surface area contributed by atoms with Gasteiger partial charge in [-0.1, -0.05) is 67.5 Å². The average Bonchev–Trinajstić information content (AvgIpc) is 2.51. The molecule has 6 atom stereocenters. The van der Waals surface area contributed by atoms with Crippen molar-refractivity contribution in [2.75, 3.05) is 6.54 Å². The summed E-state index contributed by atoms with van der Waals surface area (Å²) in [6, 6.07) is 0.698. The first-order valence-corrected chi connectivity index (χ1v) is 10.8. The van der Waals surface area contributed by atoms with Gasteiger partial charge in [0.25, 0.3) is 0 Å². The Morgan fingerprint density at radius 2 is 1.64 bits per heavy atom. The molecule has 1 nitrogen and oxygen atoms in total. The third-order valence-electron chi connectivity index (χ3n) is 8.44. The molecule has 1 saturated carbocycles. The SMILES string of the molecule is CC1C(C2CC=CC(C(C)(C)C)C2)NCC2C1C(C)(C)CCC2(C)C. The Kier molecular flexibility index (Phi) is 4.98. The molecule has 1 N–H and O–H groups in total. The van der Waals surface area contributed by atoms with Gasteiger partial charge in [0.2, 0.25) is 0 Å². The molecule has 0 spiro atoms. The first-order valence-electron chi connectivity index (χ1n) is 10.8. The van der Waals surface area contributed by atoms with Gasteiger partial charge in [-0.05, 0) is 78.1 Å². The highest BCUT2D eigenvalue weighted by Crippen LogP contribution is 2.57. The molecule has 0 bridgehead atoms. The summed E-state index contributed by atoms with van der Waals surface area (Å²) < 4.78 is 0. The molecule has 2 fully saturated rings. The zero-order valence-corrected chi connectivity index (χ0v) is 18.2. The smallest absolute Gasteiger partial charge is 0.0127 e. The van der Waals surface area contributed by atoms with Crippen molar-refractivity contribution >= 4 is 0 Å². The van der Waals surface area contributed by atoms with E-state index in [4.69, 9.17) is 0 Å². The van der Waals surface area contributed by atoms with Gasteiger partial charge >= 0.3 is 0 Å². The summed E-state index contributed by atoms with van der Waals surface area (Å²) in [6.45, 7) is 21.2. The molecule has 1 heterocycles. The van der Waals surface area contributed by atoms with Crippen LogP contribution in [0.3, 0.4) is 0 Å². The minimum absolute atomic E-state index is 0.391. The number of allylic oxidation sites excluding steroid dienone is 2. The van der Waals surface area contributed by atoms with Crippen LogP contribution < -0.4 is 5.32 Å². The fourth-order valence-electron chi connectivity index (χ4n) is 6.63. The van der Waals surface area contributed by atoms with E-state index in [1.165, 1.54) is 32.2 Å². The lowest BCUT2D eigenvalue weighted by atomic mass is 9.49. The van der Waals surface area contributed by atoms with E-state index in [2.05, 4.69) is 72.9 Å². The summed E-state index contributed by atoms with van der Waals surface area (Å²) in [5.74, 6) is 4.02. The predicted molar refractivity (Wildman–Crippen MR) is 110 cm³/mol. The third kappa shape index (κ3) is 3.60. The van der Waals surface area contributed by atoms with E-state index in [1.54, 1.807) is 0 Å². The normalized spacial score (nSPS) is 43.5. The average molecular weight is 346 g/mol. The van der Waals surface area contributed by atoms with E-state index < -0.39 is 0 Å². The fraction of sp³-hybridized carbons (Fsp3) is 0.917. The highest BCUT2D eigenvalue weighted by Gasteiger charge is 2.54. The summed E-state index contributed by atoms with van der Waals surface area (Å²) in [7, 11) is 0. The summed E-state index contributed by atoms with van der Waals surface area (Å²) in [4.78, 5) is 0. The van der Waals surface area contributed by atoms with Crippen LogP contribution in [0.15, 0.2) is 12.2 Å². The monoisotopic (exact) mass is 345 g/mol. The Balaban J connectivity index is 1.81. The summed E-state index contributed by atoms with van der Waals surface area (Å²) in [5.41, 5.74) is 1.38. The number of hydrogen-bond donors (Lipinski definition) is 1. The quantitative estimate of drug-likeness (QED) is 0.550. The largest absolute Gasteiger partial charge is 0.313 e. The van der Waals surface area contributed by atoms with Crippen LogP contribution in [0, 0.1) is 45.8 Å².